The first-order valence-corrected chi connectivity index (χ1v) is 7.16. The molecule has 2 aromatic carbocycles. The number of aromatic nitrogens is 1. The van der Waals surface area contributed by atoms with Crippen molar-refractivity contribution in [3.63, 3.8) is 0 Å². The SMILES string of the molecule is CCCCCc1ccc2ccc3ccccc3c2n1. The molecule has 3 aromatic rings. The predicted molar refractivity (Wildman–Crippen MR) is 82.5 cm³/mol. The van der Waals surface area contributed by atoms with Gasteiger partial charge in [0, 0.05) is 16.5 Å². The Kier molecular flexibility index (Phi) is 3.45. The fraction of sp³-hybridized carbons (Fsp3) is 0.278. The van der Waals surface area contributed by atoms with Gasteiger partial charge in [-0.15, -0.1) is 0 Å². The molecule has 19 heavy (non-hydrogen) atoms. The number of hydrogen-bond acceptors (Lipinski definition) is 1. The third-order valence-electron chi connectivity index (χ3n) is 3.68. The minimum atomic E-state index is 1.09. The Morgan fingerprint density at radius 2 is 1.63 bits per heavy atom. The molecule has 0 fully saturated rings. The van der Waals surface area contributed by atoms with Crippen LogP contribution in [0.4, 0.5) is 0 Å². The van der Waals surface area contributed by atoms with Crippen LogP contribution in [0.25, 0.3) is 21.7 Å². The van der Waals surface area contributed by atoms with Crippen LogP contribution in [0.2, 0.25) is 0 Å². The lowest BCUT2D eigenvalue weighted by Gasteiger charge is -2.06. The second kappa shape index (κ2) is 5.40. The summed E-state index contributed by atoms with van der Waals surface area (Å²) in [5.74, 6) is 0. The zero-order chi connectivity index (χ0) is 13.1. The lowest BCUT2D eigenvalue weighted by molar-refractivity contribution is 0.709. The summed E-state index contributed by atoms with van der Waals surface area (Å²) in [5.41, 5.74) is 2.37. The van der Waals surface area contributed by atoms with Crippen LogP contribution in [-0.2, 0) is 6.42 Å². The zero-order valence-electron chi connectivity index (χ0n) is 11.4. The van der Waals surface area contributed by atoms with Crippen LogP contribution in [0, 0.1) is 0 Å². The molecule has 1 aromatic heterocycles. The topological polar surface area (TPSA) is 12.9 Å². The van der Waals surface area contributed by atoms with E-state index < -0.39 is 0 Å². The van der Waals surface area contributed by atoms with Gasteiger partial charge in [-0.05, 0) is 24.3 Å². The smallest absolute Gasteiger partial charge is 0.0783 e. The highest BCUT2D eigenvalue weighted by molar-refractivity contribution is 6.05. The van der Waals surface area contributed by atoms with Crippen molar-refractivity contribution in [3.8, 4) is 0 Å². The first kappa shape index (κ1) is 12.2. The van der Waals surface area contributed by atoms with Crippen LogP contribution in [0.5, 0.6) is 0 Å². The van der Waals surface area contributed by atoms with Crippen molar-refractivity contribution in [1.82, 2.24) is 4.98 Å². The molecule has 0 aliphatic heterocycles. The van der Waals surface area contributed by atoms with Gasteiger partial charge in [-0.3, -0.25) is 4.98 Å². The molecule has 0 amide bonds. The maximum absolute atomic E-state index is 4.88. The van der Waals surface area contributed by atoms with Gasteiger partial charge >= 0.3 is 0 Å². The van der Waals surface area contributed by atoms with Crippen LogP contribution in [0.15, 0.2) is 48.5 Å². The van der Waals surface area contributed by atoms with Crippen molar-refractivity contribution < 1.29 is 0 Å². The van der Waals surface area contributed by atoms with Gasteiger partial charge in [0.1, 0.15) is 0 Å². The Bertz CT molecular complexity index is 700. The maximum atomic E-state index is 4.88. The third kappa shape index (κ3) is 2.46. The molecule has 1 heteroatoms. The van der Waals surface area contributed by atoms with Crippen LogP contribution < -0.4 is 0 Å². The highest BCUT2D eigenvalue weighted by atomic mass is 14.7. The molecule has 0 N–H and O–H groups in total. The summed E-state index contributed by atoms with van der Waals surface area (Å²) in [6, 6.07) is 17.2. The fourth-order valence-electron chi connectivity index (χ4n) is 2.59. The van der Waals surface area contributed by atoms with E-state index >= 15 is 0 Å². The minimum absolute atomic E-state index is 1.09. The summed E-state index contributed by atoms with van der Waals surface area (Å²) in [5, 5.41) is 3.77. The number of fused-ring (bicyclic) bond motifs is 3. The number of aryl methyl sites for hydroxylation is 1. The molecule has 0 radical (unpaired) electrons. The third-order valence-corrected chi connectivity index (χ3v) is 3.68. The van der Waals surface area contributed by atoms with Crippen molar-refractivity contribution in [2.75, 3.05) is 0 Å². The van der Waals surface area contributed by atoms with Crippen LogP contribution in [0.3, 0.4) is 0 Å². The monoisotopic (exact) mass is 249 g/mol. The van der Waals surface area contributed by atoms with Crippen LogP contribution in [0.1, 0.15) is 31.9 Å². The molecule has 1 nitrogen and oxygen atoms in total. The van der Waals surface area contributed by atoms with E-state index in [-0.39, 0.29) is 0 Å². The van der Waals surface area contributed by atoms with Gasteiger partial charge in [0.15, 0.2) is 0 Å². The maximum Gasteiger partial charge on any atom is 0.0783 e. The minimum Gasteiger partial charge on any atom is -0.252 e. The summed E-state index contributed by atoms with van der Waals surface area (Å²) in [6.45, 7) is 2.24. The Morgan fingerprint density at radius 3 is 2.53 bits per heavy atom. The van der Waals surface area contributed by atoms with Crippen molar-refractivity contribution in [1.29, 1.82) is 0 Å². The van der Waals surface area contributed by atoms with Gasteiger partial charge in [0.2, 0.25) is 0 Å². The van der Waals surface area contributed by atoms with Gasteiger partial charge in [-0.2, -0.15) is 0 Å². The summed E-state index contributed by atoms with van der Waals surface area (Å²) < 4.78 is 0. The molecular weight excluding hydrogens is 230 g/mol. The second-order valence-electron chi connectivity index (χ2n) is 5.12. The number of rotatable bonds is 4. The Hall–Kier alpha value is -1.89. The van der Waals surface area contributed by atoms with Crippen LogP contribution >= 0.6 is 0 Å². The van der Waals surface area contributed by atoms with Gasteiger partial charge in [-0.25, -0.2) is 0 Å². The van der Waals surface area contributed by atoms with Gasteiger partial charge < -0.3 is 0 Å². The lowest BCUT2D eigenvalue weighted by atomic mass is 10.0. The summed E-state index contributed by atoms with van der Waals surface area (Å²) in [4.78, 5) is 4.88. The van der Waals surface area contributed by atoms with E-state index in [9.17, 15) is 0 Å². The summed E-state index contributed by atoms with van der Waals surface area (Å²) >= 11 is 0. The number of benzene rings is 2. The predicted octanol–water partition coefficient (Wildman–Crippen LogP) is 5.12. The van der Waals surface area contributed by atoms with Crippen molar-refractivity contribution in [3.05, 3.63) is 54.2 Å². The first-order valence-electron chi connectivity index (χ1n) is 7.16. The molecule has 3 rings (SSSR count). The van der Waals surface area contributed by atoms with Gasteiger partial charge in [-0.1, -0.05) is 62.2 Å². The van der Waals surface area contributed by atoms with Gasteiger partial charge in [0.05, 0.1) is 5.52 Å². The van der Waals surface area contributed by atoms with Crippen molar-refractivity contribution in [2.45, 2.75) is 32.6 Å². The number of nitrogens with zero attached hydrogens (tertiary/aromatic N) is 1. The average Bonchev–Trinajstić information content (AvgIpc) is 2.47. The zero-order valence-corrected chi connectivity index (χ0v) is 11.4. The summed E-state index contributed by atoms with van der Waals surface area (Å²) in [6.07, 6.45) is 4.87. The van der Waals surface area contributed by atoms with E-state index in [4.69, 9.17) is 4.98 Å². The Morgan fingerprint density at radius 1 is 0.842 bits per heavy atom. The van der Waals surface area contributed by atoms with E-state index in [1.807, 2.05) is 0 Å². The van der Waals surface area contributed by atoms with E-state index in [2.05, 4.69) is 55.5 Å². The quantitative estimate of drug-likeness (QED) is 0.462. The Labute approximate surface area is 114 Å². The normalized spacial score (nSPS) is 11.2. The number of pyridine rings is 1. The molecule has 0 unspecified atom stereocenters. The van der Waals surface area contributed by atoms with E-state index in [1.165, 1.54) is 41.1 Å². The van der Waals surface area contributed by atoms with Crippen molar-refractivity contribution in [2.24, 2.45) is 0 Å². The van der Waals surface area contributed by atoms with E-state index in [0.29, 0.717) is 0 Å². The number of unbranched alkanes of at least 4 members (excludes halogenated alkanes) is 2. The molecule has 0 bridgehead atoms. The molecule has 0 spiro atoms. The van der Waals surface area contributed by atoms with E-state index in [0.717, 1.165) is 11.9 Å². The number of hydrogen-bond donors (Lipinski definition) is 0. The molecule has 0 saturated heterocycles. The molecule has 0 aliphatic rings. The lowest BCUT2D eigenvalue weighted by Crippen LogP contribution is -1.91. The van der Waals surface area contributed by atoms with Gasteiger partial charge in [0.25, 0.3) is 0 Å². The second-order valence-corrected chi connectivity index (χ2v) is 5.12. The molecule has 1 heterocycles. The highest BCUT2D eigenvalue weighted by Gasteiger charge is 2.03. The van der Waals surface area contributed by atoms with Crippen molar-refractivity contribution >= 4 is 21.7 Å². The summed E-state index contributed by atoms with van der Waals surface area (Å²) in [7, 11) is 0. The molecule has 0 saturated carbocycles. The Balaban J connectivity index is 2.07. The standard InChI is InChI=1S/C18H19N/c1-2-3-4-8-16-13-12-15-11-10-14-7-5-6-9-17(14)18(15)19-16/h5-7,9-13H,2-4,8H2,1H3. The van der Waals surface area contributed by atoms with Crippen LogP contribution in [-0.4, -0.2) is 4.98 Å². The molecule has 96 valence electrons. The fourth-order valence-corrected chi connectivity index (χ4v) is 2.59. The largest absolute Gasteiger partial charge is 0.252 e. The molecule has 0 atom stereocenters. The first-order chi connectivity index (χ1) is 9.38. The average molecular weight is 249 g/mol. The van der Waals surface area contributed by atoms with E-state index in [1.54, 1.807) is 0 Å². The molecular formula is C18H19N. The highest BCUT2D eigenvalue weighted by Crippen LogP contribution is 2.24. The molecule has 0 aliphatic carbocycles.